The molecule has 2 saturated heterocycles. The van der Waals surface area contributed by atoms with Crippen molar-refractivity contribution in [3.63, 3.8) is 0 Å². The zero-order valence-corrected chi connectivity index (χ0v) is 33.8. The number of nitrogens with zero attached hydrogens (tertiary/aromatic N) is 4. The van der Waals surface area contributed by atoms with E-state index in [2.05, 4.69) is 24.0 Å². The van der Waals surface area contributed by atoms with Crippen LogP contribution < -0.4 is 29.0 Å². The normalized spacial score (nSPS) is 19.1. The number of nitrogens with one attached hydrogen (secondary N) is 1. The number of amides is 3. The van der Waals surface area contributed by atoms with Gasteiger partial charge < -0.3 is 43.5 Å². The van der Waals surface area contributed by atoms with Crippen LogP contribution in [0.4, 0.5) is 16.2 Å². The Labute approximate surface area is 343 Å². The number of hydrogen-bond donors (Lipinski definition) is 1. The summed E-state index contributed by atoms with van der Waals surface area (Å²) in [5, 5.41) is 2.69. The number of benzene rings is 3. The van der Waals surface area contributed by atoms with Crippen molar-refractivity contribution in [3.8, 4) is 28.7 Å². The molecule has 7 rings (SSSR count). The molecule has 4 aliphatic rings. The van der Waals surface area contributed by atoms with E-state index in [1.165, 1.54) is 31.4 Å². The largest absolute Gasteiger partial charge is 0.494 e. The lowest BCUT2D eigenvalue weighted by atomic mass is 10.1. The van der Waals surface area contributed by atoms with E-state index < -0.39 is 6.09 Å². The maximum atomic E-state index is 13.6. The summed E-state index contributed by atoms with van der Waals surface area (Å²) < 4.78 is 35.2. The first-order valence-electron chi connectivity index (χ1n) is 19.7. The van der Waals surface area contributed by atoms with E-state index in [1.807, 2.05) is 54.3 Å². The predicted octanol–water partition coefficient (Wildman–Crippen LogP) is 7.30. The van der Waals surface area contributed by atoms with Crippen LogP contribution in [0.1, 0.15) is 65.0 Å². The van der Waals surface area contributed by atoms with Gasteiger partial charge in [-0.05, 0) is 74.6 Å². The van der Waals surface area contributed by atoms with Crippen molar-refractivity contribution in [3.05, 3.63) is 101 Å². The third-order valence-electron chi connectivity index (χ3n) is 10.6. The molecule has 3 amide bonds. The molecule has 0 aliphatic carbocycles. The van der Waals surface area contributed by atoms with E-state index in [4.69, 9.17) is 38.4 Å². The molecule has 0 spiro atoms. The third-order valence-corrected chi connectivity index (χ3v) is 10.6. The van der Waals surface area contributed by atoms with Gasteiger partial charge in [-0.3, -0.25) is 19.6 Å². The zero-order valence-electron chi connectivity index (χ0n) is 33.8. The minimum absolute atomic E-state index is 0.101. The predicted molar refractivity (Wildman–Crippen MR) is 223 cm³/mol. The maximum absolute atomic E-state index is 13.6. The van der Waals surface area contributed by atoms with Gasteiger partial charge in [-0.15, -0.1) is 0 Å². The molecule has 0 unspecified atom stereocenters. The topological polar surface area (TPSA) is 150 Å². The van der Waals surface area contributed by atoms with Gasteiger partial charge in [0.15, 0.2) is 23.0 Å². The van der Waals surface area contributed by atoms with Crippen LogP contribution in [0.15, 0.2) is 88.4 Å². The van der Waals surface area contributed by atoms with Crippen molar-refractivity contribution in [1.82, 2.24) is 15.1 Å². The van der Waals surface area contributed by atoms with Crippen LogP contribution in [0.3, 0.4) is 0 Å². The Morgan fingerprint density at radius 2 is 1.29 bits per heavy atom. The molecule has 3 aromatic carbocycles. The summed E-state index contributed by atoms with van der Waals surface area (Å²) in [6.45, 7) is 9.69. The molecule has 14 heteroatoms. The molecule has 59 heavy (non-hydrogen) atoms. The van der Waals surface area contributed by atoms with Gasteiger partial charge in [0.25, 0.3) is 11.8 Å². The first-order chi connectivity index (χ1) is 28.7. The Hall–Kier alpha value is -6.57. The van der Waals surface area contributed by atoms with Crippen molar-refractivity contribution >= 4 is 41.7 Å². The van der Waals surface area contributed by atoms with Crippen LogP contribution in [0.25, 0.3) is 0 Å². The van der Waals surface area contributed by atoms with Crippen molar-refractivity contribution in [2.45, 2.75) is 58.4 Å². The average molecular weight is 804 g/mol. The molecule has 2 fully saturated rings. The monoisotopic (exact) mass is 803 g/mol. The Bertz CT molecular complexity index is 2110. The van der Waals surface area contributed by atoms with E-state index >= 15 is 0 Å². The highest BCUT2D eigenvalue weighted by molar-refractivity contribution is 6.04. The van der Waals surface area contributed by atoms with Crippen molar-refractivity contribution < 1.29 is 42.8 Å². The SMILES string of the molecule is C=CCOC(=O)NCCCOc1cc(COc2cc3c(cc2OC)C(=O)N2C/C(=C/C)C[C@H]2C=N3)cc(COc2cc3c(cc2OC)C(=O)N2C/C(=C/C)C[C@H]2C=N3)c1. The van der Waals surface area contributed by atoms with Crippen molar-refractivity contribution in [2.75, 3.05) is 47.1 Å². The van der Waals surface area contributed by atoms with Crippen LogP contribution in [-0.4, -0.2) is 99.3 Å². The first kappa shape index (κ1) is 40.6. The number of rotatable bonds is 15. The van der Waals surface area contributed by atoms with E-state index in [9.17, 15) is 14.4 Å². The number of hydrogen-bond acceptors (Lipinski definition) is 11. The third kappa shape index (κ3) is 9.11. The molecular formula is C45H49N5O9. The lowest BCUT2D eigenvalue weighted by Gasteiger charge is -2.20. The first-order valence-corrected chi connectivity index (χ1v) is 19.7. The lowest BCUT2D eigenvalue weighted by Crippen LogP contribution is -2.35. The number of alkyl carbamates (subject to hydrolysis) is 1. The second kappa shape index (κ2) is 18.3. The molecule has 0 saturated carbocycles. The molecule has 1 N–H and O–H groups in total. The Kier molecular flexibility index (Phi) is 12.6. The summed E-state index contributed by atoms with van der Waals surface area (Å²) in [6.07, 6.45) is 10.8. The molecule has 0 radical (unpaired) electrons. The summed E-state index contributed by atoms with van der Waals surface area (Å²) in [5.74, 6) is 2.03. The zero-order chi connectivity index (χ0) is 41.5. The van der Waals surface area contributed by atoms with Crippen molar-refractivity contribution in [1.29, 1.82) is 0 Å². The van der Waals surface area contributed by atoms with E-state index in [1.54, 1.807) is 24.3 Å². The molecule has 0 aromatic heterocycles. The highest BCUT2D eigenvalue weighted by Crippen LogP contribution is 2.41. The average Bonchev–Trinajstić information content (AvgIpc) is 3.82. The molecule has 2 atom stereocenters. The molecule has 3 aromatic rings. The van der Waals surface area contributed by atoms with Crippen LogP contribution in [-0.2, 0) is 18.0 Å². The Morgan fingerprint density at radius 3 is 1.76 bits per heavy atom. The summed E-state index contributed by atoms with van der Waals surface area (Å²) in [4.78, 5) is 52.1. The van der Waals surface area contributed by atoms with Crippen LogP contribution in [0.5, 0.6) is 28.7 Å². The van der Waals surface area contributed by atoms with Gasteiger partial charge in [-0.1, -0.05) is 36.0 Å². The van der Waals surface area contributed by atoms with Crippen LogP contribution in [0, 0.1) is 0 Å². The summed E-state index contributed by atoms with van der Waals surface area (Å²) in [5.41, 5.74) is 5.88. The molecule has 0 bridgehead atoms. The summed E-state index contributed by atoms with van der Waals surface area (Å²) in [7, 11) is 3.07. The molecule has 4 aliphatic heterocycles. The van der Waals surface area contributed by atoms with E-state index in [-0.39, 0.29) is 43.7 Å². The lowest BCUT2D eigenvalue weighted by molar-refractivity contribution is 0.0769. The molecule has 308 valence electrons. The number of fused-ring (bicyclic) bond motifs is 4. The van der Waals surface area contributed by atoms with E-state index in [0.717, 1.165) is 24.0 Å². The second-order valence-corrected chi connectivity index (χ2v) is 14.5. The van der Waals surface area contributed by atoms with Gasteiger partial charge in [0, 0.05) is 44.2 Å². The number of carbonyl (C=O) groups excluding carboxylic acids is 3. The Balaban J connectivity index is 1.10. The minimum Gasteiger partial charge on any atom is -0.494 e. The quantitative estimate of drug-likeness (QED) is 0.123. The highest BCUT2D eigenvalue weighted by Gasteiger charge is 2.36. The smallest absolute Gasteiger partial charge is 0.407 e. The van der Waals surface area contributed by atoms with E-state index in [0.29, 0.717) is 83.9 Å². The fourth-order valence-corrected chi connectivity index (χ4v) is 7.47. The number of aliphatic imine (C=N–C) groups is 2. The summed E-state index contributed by atoms with van der Waals surface area (Å²) in [6, 6.07) is 12.3. The van der Waals surface area contributed by atoms with Crippen LogP contribution in [0.2, 0.25) is 0 Å². The van der Waals surface area contributed by atoms with Gasteiger partial charge in [0.2, 0.25) is 0 Å². The minimum atomic E-state index is -0.527. The van der Waals surface area contributed by atoms with Gasteiger partial charge in [-0.2, -0.15) is 0 Å². The maximum Gasteiger partial charge on any atom is 0.407 e. The van der Waals surface area contributed by atoms with Gasteiger partial charge >= 0.3 is 6.09 Å². The fraction of sp³-hybridized carbons (Fsp3) is 0.356. The van der Waals surface area contributed by atoms with Gasteiger partial charge in [-0.25, -0.2) is 4.79 Å². The molecule has 4 heterocycles. The van der Waals surface area contributed by atoms with Crippen molar-refractivity contribution in [2.24, 2.45) is 9.98 Å². The standard InChI is InChI=1S/C45H49N5O9/c1-6-11-57-45(53)46-10-9-12-56-34-16-30(26-58-41-20-37-35(18-39(41)54-4)43(51)49-24-28(7-2)14-32(49)22-47-37)13-31(17-34)27-59-42-21-38-36(19-40(42)55-5)44(52)50-25-29(8-3)15-33(50)23-48-38/h6-8,13,16-23,32-33H,1,9-12,14-15,24-27H2,2-5H3,(H,46,53)/b28-7+,29-8+/t32-,33-/m0/s1. The number of allylic oxidation sites excluding steroid dienone is 2. The van der Waals surface area contributed by atoms with Crippen LogP contribution >= 0.6 is 0 Å². The highest BCUT2D eigenvalue weighted by atomic mass is 16.5. The molecule has 14 nitrogen and oxygen atoms in total. The number of carbonyl (C=O) groups is 3. The van der Waals surface area contributed by atoms with Gasteiger partial charge in [0.05, 0.1) is 55.4 Å². The number of methoxy groups -OCH3 is 2. The van der Waals surface area contributed by atoms with Gasteiger partial charge in [0.1, 0.15) is 25.6 Å². The second-order valence-electron chi connectivity index (χ2n) is 14.5. The summed E-state index contributed by atoms with van der Waals surface area (Å²) >= 11 is 0. The molecular weight excluding hydrogens is 755 g/mol. The number of ether oxygens (including phenoxy) is 6. The fourth-order valence-electron chi connectivity index (χ4n) is 7.47. The Morgan fingerprint density at radius 1 is 0.763 bits per heavy atom.